The summed E-state index contributed by atoms with van der Waals surface area (Å²) in [6.07, 6.45) is 5.06. The van der Waals surface area contributed by atoms with Crippen molar-refractivity contribution >= 4 is 11.6 Å². The molecule has 0 aliphatic heterocycles. The average molecular weight is 322 g/mol. The zero-order chi connectivity index (χ0) is 16.8. The highest BCUT2D eigenvalue weighted by Crippen LogP contribution is 2.35. The highest BCUT2D eigenvalue weighted by Gasteiger charge is 2.26. The number of nitrogen functional groups attached to an aromatic ring is 1. The first-order valence-electron chi connectivity index (χ1n) is 8.89. The third-order valence-electron chi connectivity index (χ3n) is 5.06. The van der Waals surface area contributed by atoms with E-state index in [0.29, 0.717) is 12.5 Å². The van der Waals surface area contributed by atoms with Crippen molar-refractivity contribution in [1.29, 1.82) is 0 Å². The Bertz CT molecular complexity index is 643. The van der Waals surface area contributed by atoms with Crippen molar-refractivity contribution in [3.8, 4) is 0 Å². The van der Waals surface area contributed by atoms with Gasteiger partial charge in [0.05, 0.1) is 0 Å². The molecule has 3 nitrogen and oxygen atoms in total. The summed E-state index contributed by atoms with van der Waals surface area (Å²) in [5.74, 6) is 1.01. The Labute approximate surface area is 144 Å². The molecule has 2 aromatic rings. The lowest BCUT2D eigenvalue weighted by atomic mass is 9.78. The van der Waals surface area contributed by atoms with Crippen LogP contribution in [0.5, 0.6) is 0 Å². The molecule has 3 rings (SSSR count). The average Bonchev–Trinajstić information content (AvgIpc) is 2.64. The van der Waals surface area contributed by atoms with Crippen LogP contribution in [-0.4, -0.2) is 12.5 Å². The highest BCUT2D eigenvalue weighted by atomic mass is 16.1. The lowest BCUT2D eigenvalue weighted by Gasteiger charge is -2.28. The molecular weight excluding hydrogens is 296 g/mol. The van der Waals surface area contributed by atoms with E-state index in [1.165, 1.54) is 11.1 Å². The normalized spacial score (nSPS) is 20.5. The number of carbonyl (C=O) groups is 1. The molecule has 0 aromatic heterocycles. The number of carbonyl (C=O) groups excluding carboxylic acids is 1. The van der Waals surface area contributed by atoms with Crippen LogP contribution in [0.15, 0.2) is 54.6 Å². The SMILES string of the molecule is Nc1ccc(CCNC(=O)C2CCC(c3ccccc3)CC2)cc1. The Morgan fingerprint density at radius 3 is 2.29 bits per heavy atom. The summed E-state index contributed by atoms with van der Waals surface area (Å²) in [5, 5.41) is 3.10. The second-order valence-corrected chi connectivity index (χ2v) is 6.74. The van der Waals surface area contributed by atoms with E-state index in [1.54, 1.807) is 0 Å². The number of anilines is 1. The van der Waals surface area contributed by atoms with Crippen molar-refractivity contribution in [2.24, 2.45) is 5.92 Å². The van der Waals surface area contributed by atoms with E-state index in [2.05, 4.69) is 35.6 Å². The summed E-state index contributed by atoms with van der Waals surface area (Å²) < 4.78 is 0. The molecule has 126 valence electrons. The monoisotopic (exact) mass is 322 g/mol. The van der Waals surface area contributed by atoms with Gasteiger partial charge >= 0.3 is 0 Å². The molecule has 0 heterocycles. The quantitative estimate of drug-likeness (QED) is 0.820. The minimum absolute atomic E-state index is 0.177. The van der Waals surface area contributed by atoms with Crippen LogP contribution in [0.2, 0.25) is 0 Å². The van der Waals surface area contributed by atoms with Crippen molar-refractivity contribution in [2.75, 3.05) is 12.3 Å². The van der Waals surface area contributed by atoms with Crippen molar-refractivity contribution in [3.05, 3.63) is 65.7 Å². The molecule has 1 amide bonds. The first-order chi connectivity index (χ1) is 11.7. The summed E-state index contributed by atoms with van der Waals surface area (Å²) >= 11 is 0. The Hall–Kier alpha value is -2.29. The van der Waals surface area contributed by atoms with Gasteiger partial charge in [0.1, 0.15) is 0 Å². The van der Waals surface area contributed by atoms with Crippen LogP contribution in [0.4, 0.5) is 5.69 Å². The Morgan fingerprint density at radius 2 is 1.62 bits per heavy atom. The first kappa shape index (κ1) is 16.6. The molecule has 3 N–H and O–H groups in total. The smallest absolute Gasteiger partial charge is 0.223 e. The van der Waals surface area contributed by atoms with E-state index in [-0.39, 0.29) is 11.8 Å². The fraction of sp³-hybridized carbons (Fsp3) is 0.381. The molecule has 3 heteroatoms. The summed E-state index contributed by atoms with van der Waals surface area (Å²) in [7, 11) is 0. The number of amides is 1. The van der Waals surface area contributed by atoms with E-state index in [1.807, 2.05) is 24.3 Å². The number of benzene rings is 2. The molecule has 1 fully saturated rings. The van der Waals surface area contributed by atoms with Gasteiger partial charge in [0, 0.05) is 18.2 Å². The van der Waals surface area contributed by atoms with Crippen LogP contribution in [0, 0.1) is 5.92 Å². The maximum Gasteiger partial charge on any atom is 0.223 e. The van der Waals surface area contributed by atoms with E-state index in [0.717, 1.165) is 37.8 Å². The van der Waals surface area contributed by atoms with E-state index < -0.39 is 0 Å². The summed E-state index contributed by atoms with van der Waals surface area (Å²) in [6.45, 7) is 0.696. The Morgan fingerprint density at radius 1 is 0.958 bits per heavy atom. The van der Waals surface area contributed by atoms with Gasteiger partial charge in [0.2, 0.25) is 5.91 Å². The number of nitrogens with one attached hydrogen (secondary N) is 1. The fourth-order valence-corrected chi connectivity index (χ4v) is 3.57. The minimum Gasteiger partial charge on any atom is -0.399 e. The van der Waals surface area contributed by atoms with Crippen LogP contribution in [0.1, 0.15) is 42.7 Å². The molecule has 0 saturated heterocycles. The molecule has 2 aromatic carbocycles. The Balaban J connectivity index is 1.41. The number of nitrogens with two attached hydrogens (primary N) is 1. The lowest BCUT2D eigenvalue weighted by molar-refractivity contribution is -0.125. The number of rotatable bonds is 5. The van der Waals surface area contributed by atoms with Gasteiger partial charge in [-0.15, -0.1) is 0 Å². The summed E-state index contributed by atoms with van der Waals surface area (Å²) in [6, 6.07) is 18.5. The van der Waals surface area contributed by atoms with Gasteiger partial charge in [-0.1, -0.05) is 42.5 Å². The van der Waals surface area contributed by atoms with Gasteiger partial charge in [0.15, 0.2) is 0 Å². The molecule has 1 saturated carbocycles. The molecule has 0 atom stereocenters. The Kier molecular flexibility index (Phi) is 5.52. The standard InChI is InChI=1S/C21H26N2O/c22-20-12-6-16(7-13-20)14-15-23-21(24)19-10-8-18(9-11-19)17-4-2-1-3-5-17/h1-7,12-13,18-19H,8-11,14-15,22H2,(H,23,24). The van der Waals surface area contributed by atoms with Crippen LogP contribution in [0.25, 0.3) is 0 Å². The molecule has 1 aliphatic rings. The predicted octanol–water partition coefficient (Wildman–Crippen LogP) is 3.90. The van der Waals surface area contributed by atoms with Gasteiger partial charge in [0.25, 0.3) is 0 Å². The number of hydrogen-bond acceptors (Lipinski definition) is 2. The highest BCUT2D eigenvalue weighted by molar-refractivity contribution is 5.78. The van der Waals surface area contributed by atoms with E-state index in [9.17, 15) is 4.79 Å². The van der Waals surface area contributed by atoms with Crippen molar-refractivity contribution < 1.29 is 4.79 Å². The molecule has 0 radical (unpaired) electrons. The molecular formula is C21H26N2O. The lowest BCUT2D eigenvalue weighted by Crippen LogP contribution is -2.34. The number of hydrogen-bond donors (Lipinski definition) is 2. The van der Waals surface area contributed by atoms with Crippen molar-refractivity contribution in [1.82, 2.24) is 5.32 Å². The van der Waals surface area contributed by atoms with Gasteiger partial charge < -0.3 is 11.1 Å². The van der Waals surface area contributed by atoms with Crippen LogP contribution in [-0.2, 0) is 11.2 Å². The summed E-state index contributed by atoms with van der Waals surface area (Å²) in [4.78, 5) is 12.4. The second-order valence-electron chi connectivity index (χ2n) is 6.74. The summed E-state index contributed by atoms with van der Waals surface area (Å²) in [5.41, 5.74) is 9.08. The van der Waals surface area contributed by atoms with Crippen molar-refractivity contribution in [2.45, 2.75) is 38.0 Å². The predicted molar refractivity (Wildman–Crippen MR) is 98.7 cm³/mol. The van der Waals surface area contributed by atoms with Crippen LogP contribution >= 0.6 is 0 Å². The van der Waals surface area contributed by atoms with Gasteiger partial charge in [-0.2, -0.15) is 0 Å². The van der Waals surface area contributed by atoms with E-state index >= 15 is 0 Å². The van der Waals surface area contributed by atoms with Crippen LogP contribution < -0.4 is 11.1 Å². The van der Waals surface area contributed by atoms with E-state index in [4.69, 9.17) is 5.73 Å². The topological polar surface area (TPSA) is 55.1 Å². The maximum atomic E-state index is 12.4. The maximum absolute atomic E-state index is 12.4. The molecule has 0 spiro atoms. The fourth-order valence-electron chi connectivity index (χ4n) is 3.57. The van der Waals surface area contributed by atoms with Gasteiger partial charge in [-0.05, 0) is 61.3 Å². The first-order valence-corrected chi connectivity index (χ1v) is 8.89. The third-order valence-corrected chi connectivity index (χ3v) is 5.06. The zero-order valence-corrected chi connectivity index (χ0v) is 14.1. The molecule has 24 heavy (non-hydrogen) atoms. The van der Waals surface area contributed by atoms with Crippen LogP contribution in [0.3, 0.4) is 0 Å². The minimum atomic E-state index is 0.177. The largest absolute Gasteiger partial charge is 0.399 e. The van der Waals surface area contributed by atoms with Crippen molar-refractivity contribution in [3.63, 3.8) is 0 Å². The van der Waals surface area contributed by atoms with Gasteiger partial charge in [-0.3, -0.25) is 4.79 Å². The van der Waals surface area contributed by atoms with Gasteiger partial charge in [-0.25, -0.2) is 0 Å². The molecule has 1 aliphatic carbocycles. The zero-order valence-electron chi connectivity index (χ0n) is 14.1. The molecule has 0 bridgehead atoms. The second kappa shape index (κ2) is 8.00. The third kappa shape index (κ3) is 4.38. The molecule has 0 unspecified atom stereocenters.